The molecule has 3 rings (SSSR count). The number of carbonyl (C=O) groups is 1. The molecule has 4 nitrogen and oxygen atoms in total. The van der Waals surface area contributed by atoms with E-state index >= 15 is 0 Å². The quantitative estimate of drug-likeness (QED) is 0.519. The second kappa shape index (κ2) is 8.92. The molecule has 0 radical (unpaired) electrons. The molecule has 0 aliphatic rings. The lowest BCUT2D eigenvalue weighted by Gasteiger charge is -2.24. The van der Waals surface area contributed by atoms with Gasteiger partial charge in [-0.25, -0.2) is 4.98 Å². The van der Waals surface area contributed by atoms with Gasteiger partial charge >= 0.3 is 6.18 Å². The van der Waals surface area contributed by atoms with Crippen LogP contribution in [0.15, 0.2) is 48.5 Å². The van der Waals surface area contributed by atoms with Crippen molar-refractivity contribution >= 4 is 32.6 Å². The number of amides is 1. The van der Waals surface area contributed by atoms with Crippen molar-refractivity contribution < 1.29 is 18.0 Å². The molecule has 0 atom stereocenters. The lowest BCUT2D eigenvalue weighted by atomic mass is 10.1. The molecule has 2 aromatic carbocycles. The van der Waals surface area contributed by atoms with Gasteiger partial charge in [0.2, 0.25) is 0 Å². The van der Waals surface area contributed by atoms with Crippen LogP contribution in [-0.2, 0) is 6.18 Å². The molecule has 0 aliphatic carbocycles. The lowest BCUT2D eigenvalue weighted by Crippen LogP contribution is -2.38. The van der Waals surface area contributed by atoms with Gasteiger partial charge in [-0.3, -0.25) is 9.69 Å². The molecule has 1 aromatic heterocycles. The Balaban J connectivity index is 1.92. The summed E-state index contributed by atoms with van der Waals surface area (Å²) in [7, 11) is 0. The Kier molecular flexibility index (Phi) is 6.54. The molecular formula is C21H22F3N3OS. The van der Waals surface area contributed by atoms with Crippen molar-refractivity contribution in [3.63, 3.8) is 0 Å². The minimum atomic E-state index is -4.43. The van der Waals surface area contributed by atoms with E-state index in [4.69, 9.17) is 0 Å². The van der Waals surface area contributed by atoms with E-state index in [2.05, 4.69) is 9.88 Å². The first-order chi connectivity index (χ1) is 13.8. The van der Waals surface area contributed by atoms with Crippen LogP contribution in [0.1, 0.15) is 29.8 Å². The van der Waals surface area contributed by atoms with Crippen LogP contribution in [-0.4, -0.2) is 42.0 Å². The van der Waals surface area contributed by atoms with E-state index in [1.165, 1.54) is 23.5 Å². The number of thiazole rings is 1. The van der Waals surface area contributed by atoms with Crippen LogP contribution in [0.5, 0.6) is 0 Å². The van der Waals surface area contributed by atoms with Gasteiger partial charge in [0, 0.05) is 18.7 Å². The van der Waals surface area contributed by atoms with Crippen molar-refractivity contribution in [3.8, 4) is 0 Å². The smallest absolute Gasteiger partial charge is 0.302 e. The number of alkyl halides is 3. The van der Waals surface area contributed by atoms with Gasteiger partial charge in [0.1, 0.15) is 0 Å². The summed E-state index contributed by atoms with van der Waals surface area (Å²) in [4.78, 5) is 21.5. The van der Waals surface area contributed by atoms with Gasteiger partial charge in [-0.15, -0.1) is 0 Å². The van der Waals surface area contributed by atoms with E-state index in [-0.39, 0.29) is 11.5 Å². The number of aromatic nitrogens is 1. The number of benzene rings is 2. The highest BCUT2D eigenvalue weighted by Gasteiger charge is 2.30. The maximum absolute atomic E-state index is 13.2. The summed E-state index contributed by atoms with van der Waals surface area (Å²) in [5, 5.41) is 0.545. The van der Waals surface area contributed by atoms with Crippen LogP contribution in [0, 0.1) is 0 Å². The Morgan fingerprint density at radius 3 is 2.24 bits per heavy atom. The summed E-state index contributed by atoms with van der Waals surface area (Å²) in [6.45, 7) is 6.83. The summed E-state index contributed by atoms with van der Waals surface area (Å²) < 4.78 is 39.5. The van der Waals surface area contributed by atoms with Crippen molar-refractivity contribution in [2.75, 3.05) is 31.1 Å². The number of carbonyl (C=O) groups excluding carboxylic acids is 1. The Morgan fingerprint density at radius 1 is 1.00 bits per heavy atom. The SMILES string of the molecule is CCN(CC)CCN(C(=O)c1ccc(C(F)(F)F)cc1)c1nc2ccccc2s1. The van der Waals surface area contributed by atoms with Gasteiger partial charge in [0.25, 0.3) is 5.91 Å². The van der Waals surface area contributed by atoms with Crippen molar-refractivity contribution in [2.24, 2.45) is 0 Å². The first-order valence-electron chi connectivity index (χ1n) is 9.40. The topological polar surface area (TPSA) is 36.4 Å². The van der Waals surface area contributed by atoms with Gasteiger partial charge in [-0.05, 0) is 49.5 Å². The molecule has 0 fully saturated rings. The number of fused-ring (bicyclic) bond motifs is 1. The predicted octanol–water partition coefficient (Wildman–Crippen LogP) is 5.30. The minimum absolute atomic E-state index is 0.205. The van der Waals surface area contributed by atoms with Crippen LogP contribution in [0.2, 0.25) is 0 Å². The first kappa shape index (κ1) is 21.3. The monoisotopic (exact) mass is 421 g/mol. The number of hydrogen-bond acceptors (Lipinski definition) is 4. The van der Waals surface area contributed by atoms with Gasteiger partial charge in [-0.1, -0.05) is 37.3 Å². The van der Waals surface area contributed by atoms with E-state index in [0.29, 0.717) is 18.2 Å². The summed E-state index contributed by atoms with van der Waals surface area (Å²) in [5.74, 6) is -0.357. The lowest BCUT2D eigenvalue weighted by molar-refractivity contribution is -0.137. The molecule has 1 heterocycles. The molecule has 0 bridgehead atoms. The van der Waals surface area contributed by atoms with Crippen LogP contribution in [0.3, 0.4) is 0 Å². The number of nitrogens with zero attached hydrogens (tertiary/aromatic N) is 3. The van der Waals surface area contributed by atoms with Gasteiger partial charge in [0.05, 0.1) is 15.8 Å². The molecule has 0 unspecified atom stereocenters. The van der Waals surface area contributed by atoms with E-state index in [1.54, 1.807) is 4.90 Å². The summed E-state index contributed by atoms with van der Waals surface area (Å²) in [6.07, 6.45) is -4.43. The Morgan fingerprint density at radius 2 is 1.66 bits per heavy atom. The predicted molar refractivity (Wildman–Crippen MR) is 111 cm³/mol. The molecule has 0 aliphatic heterocycles. The van der Waals surface area contributed by atoms with Crippen molar-refractivity contribution in [3.05, 3.63) is 59.7 Å². The number of likely N-dealkylation sites (N-methyl/N-ethyl adjacent to an activating group) is 1. The Hall–Kier alpha value is -2.45. The highest BCUT2D eigenvalue weighted by Crippen LogP contribution is 2.31. The summed E-state index contributed by atoms with van der Waals surface area (Å²) in [6, 6.07) is 11.9. The zero-order chi connectivity index (χ0) is 21.0. The molecule has 0 N–H and O–H groups in total. The second-order valence-corrected chi connectivity index (χ2v) is 7.53. The van der Waals surface area contributed by atoms with Crippen molar-refractivity contribution in [2.45, 2.75) is 20.0 Å². The van der Waals surface area contributed by atoms with Gasteiger partial charge < -0.3 is 4.90 Å². The van der Waals surface area contributed by atoms with Crippen molar-refractivity contribution in [1.82, 2.24) is 9.88 Å². The van der Waals surface area contributed by atoms with Crippen LogP contribution in [0.25, 0.3) is 10.2 Å². The third-order valence-electron chi connectivity index (χ3n) is 4.75. The van der Waals surface area contributed by atoms with Crippen LogP contribution >= 0.6 is 11.3 Å². The molecule has 0 spiro atoms. The molecule has 3 aromatic rings. The molecule has 8 heteroatoms. The average Bonchev–Trinajstić information content (AvgIpc) is 3.14. The largest absolute Gasteiger partial charge is 0.416 e. The highest BCUT2D eigenvalue weighted by atomic mass is 32.1. The molecule has 0 saturated heterocycles. The summed E-state index contributed by atoms with van der Waals surface area (Å²) >= 11 is 1.40. The fourth-order valence-electron chi connectivity index (χ4n) is 3.00. The fraction of sp³-hybridized carbons (Fsp3) is 0.333. The van der Waals surface area contributed by atoms with Crippen molar-refractivity contribution in [1.29, 1.82) is 0 Å². The maximum Gasteiger partial charge on any atom is 0.416 e. The van der Waals surface area contributed by atoms with E-state index < -0.39 is 11.7 Å². The van der Waals surface area contributed by atoms with Gasteiger partial charge in [-0.2, -0.15) is 13.2 Å². The minimum Gasteiger partial charge on any atom is -0.302 e. The maximum atomic E-state index is 13.2. The van der Waals surface area contributed by atoms with E-state index in [1.807, 2.05) is 38.1 Å². The van der Waals surface area contributed by atoms with E-state index in [9.17, 15) is 18.0 Å². The van der Waals surface area contributed by atoms with Crippen LogP contribution < -0.4 is 4.90 Å². The Labute approximate surface area is 171 Å². The number of anilines is 1. The third kappa shape index (κ3) is 4.94. The van der Waals surface area contributed by atoms with Crippen LogP contribution in [0.4, 0.5) is 18.3 Å². The van der Waals surface area contributed by atoms with E-state index in [0.717, 1.165) is 35.4 Å². The van der Waals surface area contributed by atoms with Gasteiger partial charge in [0.15, 0.2) is 5.13 Å². The number of halogens is 3. The first-order valence-corrected chi connectivity index (χ1v) is 10.2. The third-order valence-corrected chi connectivity index (χ3v) is 5.81. The standard InChI is InChI=1S/C21H22F3N3OS/c1-3-26(4-2)13-14-27(20-25-17-7-5-6-8-18(17)29-20)19(28)15-9-11-16(12-10-15)21(22,23)24/h5-12H,3-4,13-14H2,1-2H3. The molecule has 29 heavy (non-hydrogen) atoms. The number of hydrogen-bond donors (Lipinski definition) is 0. The molecule has 1 amide bonds. The normalized spacial score (nSPS) is 11.9. The Bertz CT molecular complexity index is 932. The number of para-hydroxylation sites is 1. The average molecular weight is 421 g/mol. The fourth-order valence-corrected chi connectivity index (χ4v) is 3.99. The highest BCUT2D eigenvalue weighted by molar-refractivity contribution is 7.22. The molecular weight excluding hydrogens is 399 g/mol. The molecule has 154 valence electrons. The zero-order valence-corrected chi connectivity index (χ0v) is 17.1. The second-order valence-electron chi connectivity index (χ2n) is 6.52. The summed E-state index contributed by atoms with van der Waals surface area (Å²) in [5.41, 5.74) is 0.223. The molecule has 0 saturated carbocycles. The zero-order valence-electron chi connectivity index (χ0n) is 16.2. The number of rotatable bonds is 7.